The van der Waals surface area contributed by atoms with Gasteiger partial charge in [0.1, 0.15) is 0 Å². The molecule has 92 valence electrons. The number of hydrogen-bond acceptors (Lipinski definition) is 3. The van der Waals surface area contributed by atoms with E-state index in [9.17, 15) is 4.79 Å². The van der Waals surface area contributed by atoms with Crippen LogP contribution in [-0.2, 0) is 0 Å². The normalized spacial score (nSPS) is 23.2. The Bertz CT molecular complexity index is 386. The van der Waals surface area contributed by atoms with Crippen molar-refractivity contribution in [3.8, 4) is 0 Å². The number of nitrogens with one attached hydrogen (secondary N) is 1. The Morgan fingerprint density at radius 2 is 2.18 bits per heavy atom. The maximum absolute atomic E-state index is 12.2. The highest BCUT2D eigenvalue weighted by Gasteiger charge is 2.38. The average molecular weight is 250 g/mol. The van der Waals surface area contributed by atoms with Crippen LogP contribution in [0.2, 0.25) is 0 Å². The van der Waals surface area contributed by atoms with Crippen LogP contribution >= 0.6 is 11.3 Å². The Morgan fingerprint density at radius 3 is 2.76 bits per heavy atom. The zero-order valence-corrected chi connectivity index (χ0v) is 10.8. The van der Waals surface area contributed by atoms with E-state index < -0.39 is 0 Å². The molecule has 0 saturated carbocycles. The van der Waals surface area contributed by atoms with Crippen molar-refractivity contribution < 1.29 is 4.79 Å². The highest BCUT2D eigenvalue weighted by molar-refractivity contribution is 7.08. The lowest BCUT2D eigenvalue weighted by Gasteiger charge is -2.38. The molecule has 4 heteroatoms. The molecule has 0 bridgehead atoms. The molecule has 2 saturated heterocycles. The van der Waals surface area contributed by atoms with Gasteiger partial charge >= 0.3 is 0 Å². The largest absolute Gasteiger partial charge is 0.339 e. The molecule has 2 aliphatic heterocycles. The SMILES string of the molecule is O=C(c1ccsc1)N1CCC2(CCNC2)CC1. The third-order valence-electron chi connectivity index (χ3n) is 4.21. The minimum absolute atomic E-state index is 0.215. The van der Waals surface area contributed by atoms with E-state index >= 15 is 0 Å². The standard InChI is InChI=1S/C13H18N2OS/c16-12(11-1-8-17-9-11)15-6-3-13(4-7-15)2-5-14-10-13/h1,8-9,14H,2-7,10H2. The molecule has 2 fully saturated rings. The first-order chi connectivity index (χ1) is 8.29. The first kappa shape index (κ1) is 11.2. The van der Waals surface area contributed by atoms with E-state index in [4.69, 9.17) is 0 Å². The van der Waals surface area contributed by atoms with E-state index in [2.05, 4.69) is 5.32 Å². The molecule has 0 aromatic carbocycles. The van der Waals surface area contributed by atoms with E-state index in [-0.39, 0.29) is 5.91 Å². The Morgan fingerprint density at radius 1 is 1.35 bits per heavy atom. The number of piperidine rings is 1. The summed E-state index contributed by atoms with van der Waals surface area (Å²) in [7, 11) is 0. The predicted octanol–water partition coefficient (Wildman–Crippen LogP) is 1.96. The molecule has 0 radical (unpaired) electrons. The van der Waals surface area contributed by atoms with E-state index in [1.165, 1.54) is 6.42 Å². The van der Waals surface area contributed by atoms with Crippen molar-refractivity contribution >= 4 is 17.2 Å². The van der Waals surface area contributed by atoms with Gasteiger partial charge in [0.15, 0.2) is 0 Å². The first-order valence-electron chi connectivity index (χ1n) is 6.31. The number of likely N-dealkylation sites (tertiary alicyclic amines) is 1. The second kappa shape index (κ2) is 4.42. The van der Waals surface area contributed by atoms with Crippen molar-refractivity contribution in [2.45, 2.75) is 19.3 Å². The third-order valence-corrected chi connectivity index (χ3v) is 4.89. The molecule has 0 atom stereocenters. The summed E-state index contributed by atoms with van der Waals surface area (Å²) in [5.74, 6) is 0.215. The summed E-state index contributed by atoms with van der Waals surface area (Å²) in [6.07, 6.45) is 3.61. The number of carbonyl (C=O) groups is 1. The number of rotatable bonds is 1. The van der Waals surface area contributed by atoms with Gasteiger partial charge in [-0.3, -0.25) is 4.79 Å². The van der Waals surface area contributed by atoms with Crippen molar-refractivity contribution in [1.29, 1.82) is 0 Å². The van der Waals surface area contributed by atoms with Crippen LogP contribution in [-0.4, -0.2) is 37.0 Å². The fourth-order valence-corrected chi connectivity index (χ4v) is 3.60. The third kappa shape index (κ3) is 2.11. The molecule has 17 heavy (non-hydrogen) atoms. The summed E-state index contributed by atoms with van der Waals surface area (Å²) in [6, 6.07) is 1.93. The van der Waals surface area contributed by atoms with Crippen molar-refractivity contribution in [2.24, 2.45) is 5.41 Å². The lowest BCUT2D eigenvalue weighted by atomic mass is 9.78. The molecule has 0 aliphatic carbocycles. The van der Waals surface area contributed by atoms with Gasteiger partial charge in [-0.2, -0.15) is 11.3 Å². The van der Waals surface area contributed by atoms with Crippen LogP contribution in [0.4, 0.5) is 0 Å². The highest BCUT2D eigenvalue weighted by Crippen LogP contribution is 2.37. The van der Waals surface area contributed by atoms with E-state index in [0.717, 1.165) is 44.6 Å². The molecule has 1 N–H and O–H groups in total. The van der Waals surface area contributed by atoms with Gasteiger partial charge in [0.2, 0.25) is 0 Å². The zero-order chi connectivity index (χ0) is 11.7. The van der Waals surface area contributed by atoms with Crippen molar-refractivity contribution in [1.82, 2.24) is 10.2 Å². The van der Waals surface area contributed by atoms with Gasteiger partial charge in [0.05, 0.1) is 5.56 Å². The van der Waals surface area contributed by atoms with E-state index in [1.807, 2.05) is 21.7 Å². The smallest absolute Gasteiger partial charge is 0.254 e. The molecule has 3 heterocycles. The molecule has 2 aliphatic rings. The molecular weight excluding hydrogens is 232 g/mol. The molecule has 1 aromatic heterocycles. The number of carbonyl (C=O) groups excluding carboxylic acids is 1. The number of amides is 1. The van der Waals surface area contributed by atoms with Gasteiger partial charge in [-0.15, -0.1) is 0 Å². The summed E-state index contributed by atoms with van der Waals surface area (Å²) in [5, 5.41) is 7.37. The lowest BCUT2D eigenvalue weighted by molar-refractivity contribution is 0.0608. The molecule has 1 amide bonds. The minimum Gasteiger partial charge on any atom is -0.339 e. The molecule has 0 unspecified atom stereocenters. The molecular formula is C13H18N2OS. The fourth-order valence-electron chi connectivity index (χ4n) is 2.98. The Labute approximate surface area is 106 Å². The number of nitrogens with zero attached hydrogens (tertiary/aromatic N) is 1. The topological polar surface area (TPSA) is 32.3 Å². The fraction of sp³-hybridized carbons (Fsp3) is 0.615. The van der Waals surface area contributed by atoms with Gasteiger partial charge in [0.25, 0.3) is 5.91 Å². The molecule has 1 aromatic rings. The Kier molecular flexibility index (Phi) is 2.92. The van der Waals surface area contributed by atoms with Gasteiger partial charge in [0, 0.05) is 25.0 Å². The second-order valence-corrected chi connectivity index (χ2v) is 6.01. The van der Waals surface area contributed by atoms with E-state index in [0.29, 0.717) is 5.41 Å². The number of thiophene rings is 1. The van der Waals surface area contributed by atoms with Crippen molar-refractivity contribution in [3.05, 3.63) is 22.4 Å². The summed E-state index contributed by atoms with van der Waals surface area (Å²) in [4.78, 5) is 14.2. The van der Waals surface area contributed by atoms with Crippen LogP contribution in [0.15, 0.2) is 16.8 Å². The van der Waals surface area contributed by atoms with Gasteiger partial charge in [-0.1, -0.05) is 0 Å². The van der Waals surface area contributed by atoms with Crippen LogP contribution in [0.1, 0.15) is 29.6 Å². The average Bonchev–Trinajstić information content (AvgIpc) is 3.01. The molecule has 1 spiro atoms. The van der Waals surface area contributed by atoms with Gasteiger partial charge in [-0.05, 0) is 42.7 Å². The lowest BCUT2D eigenvalue weighted by Crippen LogP contribution is -2.43. The Balaban J connectivity index is 1.63. The van der Waals surface area contributed by atoms with Crippen LogP contribution < -0.4 is 5.32 Å². The predicted molar refractivity (Wildman–Crippen MR) is 69.4 cm³/mol. The summed E-state index contributed by atoms with van der Waals surface area (Å²) in [6.45, 7) is 4.15. The monoisotopic (exact) mass is 250 g/mol. The van der Waals surface area contributed by atoms with Crippen molar-refractivity contribution in [3.63, 3.8) is 0 Å². The quantitative estimate of drug-likeness (QED) is 0.826. The number of hydrogen-bond donors (Lipinski definition) is 1. The maximum Gasteiger partial charge on any atom is 0.254 e. The van der Waals surface area contributed by atoms with Crippen LogP contribution in [0.3, 0.4) is 0 Å². The van der Waals surface area contributed by atoms with Crippen LogP contribution in [0, 0.1) is 5.41 Å². The zero-order valence-electron chi connectivity index (χ0n) is 9.95. The van der Waals surface area contributed by atoms with E-state index in [1.54, 1.807) is 11.3 Å². The van der Waals surface area contributed by atoms with Crippen LogP contribution in [0.5, 0.6) is 0 Å². The Hall–Kier alpha value is -0.870. The molecule has 3 nitrogen and oxygen atoms in total. The summed E-state index contributed by atoms with van der Waals surface area (Å²) >= 11 is 1.59. The maximum atomic E-state index is 12.2. The highest BCUT2D eigenvalue weighted by atomic mass is 32.1. The second-order valence-electron chi connectivity index (χ2n) is 5.23. The van der Waals surface area contributed by atoms with Crippen molar-refractivity contribution in [2.75, 3.05) is 26.2 Å². The summed E-state index contributed by atoms with van der Waals surface area (Å²) in [5.41, 5.74) is 1.35. The molecule has 3 rings (SSSR count). The van der Waals surface area contributed by atoms with Gasteiger partial charge < -0.3 is 10.2 Å². The summed E-state index contributed by atoms with van der Waals surface area (Å²) < 4.78 is 0. The minimum atomic E-state index is 0.215. The first-order valence-corrected chi connectivity index (χ1v) is 7.26. The van der Waals surface area contributed by atoms with Crippen LogP contribution in [0.25, 0.3) is 0 Å². The van der Waals surface area contributed by atoms with Gasteiger partial charge in [-0.25, -0.2) is 0 Å².